The predicted molar refractivity (Wildman–Crippen MR) is 200 cm³/mol. The van der Waals surface area contributed by atoms with Gasteiger partial charge in [-0.15, -0.1) is 0 Å². The summed E-state index contributed by atoms with van der Waals surface area (Å²) in [6.07, 6.45) is 0. The van der Waals surface area contributed by atoms with Gasteiger partial charge in [0.05, 0.1) is 22.2 Å². The van der Waals surface area contributed by atoms with Gasteiger partial charge < -0.3 is 9.13 Å². The minimum absolute atomic E-state index is 1.17. The summed E-state index contributed by atoms with van der Waals surface area (Å²) < 4.78 is 4.83. The SMILES string of the molecule is Cc1ccc(-c2ccc3c(c2)c2cc(-c4ccc5c(c4)c(C)c(C)n5-c4cccc5ccccc45)ccc2n3-c2ccccc2)cc1. The molecule has 9 rings (SSSR count). The lowest BCUT2D eigenvalue weighted by molar-refractivity contribution is 1.05. The van der Waals surface area contributed by atoms with E-state index in [0.717, 1.165) is 0 Å². The fourth-order valence-corrected chi connectivity index (χ4v) is 7.45. The van der Waals surface area contributed by atoms with Crippen LogP contribution in [0.4, 0.5) is 0 Å². The van der Waals surface area contributed by atoms with Crippen LogP contribution in [-0.4, -0.2) is 9.13 Å². The van der Waals surface area contributed by atoms with Crippen LogP contribution in [0.1, 0.15) is 16.8 Å². The standard InChI is InChI=1S/C45H34N2/c1-29-16-18-32(19-17-29)34-20-24-44-40(27-34)41-28-36(22-25-45(41)47(44)37-12-5-4-6-13-37)35-21-23-43-39(26-35)30(2)31(3)46(43)42-15-9-11-33-10-7-8-14-38(33)42/h4-28H,1-3H3. The number of aryl methyl sites for hydroxylation is 2. The molecule has 0 aliphatic carbocycles. The van der Waals surface area contributed by atoms with Crippen LogP contribution in [-0.2, 0) is 0 Å². The first-order valence-electron chi connectivity index (χ1n) is 16.4. The molecule has 2 nitrogen and oxygen atoms in total. The third kappa shape index (κ3) is 4.33. The largest absolute Gasteiger partial charge is 0.313 e. The van der Waals surface area contributed by atoms with Crippen molar-refractivity contribution >= 4 is 43.5 Å². The van der Waals surface area contributed by atoms with E-state index in [1.54, 1.807) is 0 Å². The van der Waals surface area contributed by atoms with E-state index in [1.165, 1.54) is 93.9 Å². The van der Waals surface area contributed by atoms with E-state index in [1.807, 2.05) is 0 Å². The summed E-state index contributed by atoms with van der Waals surface area (Å²) in [4.78, 5) is 0. The molecule has 7 aromatic carbocycles. The smallest absolute Gasteiger partial charge is 0.0541 e. The predicted octanol–water partition coefficient (Wildman–Crippen LogP) is 12.1. The van der Waals surface area contributed by atoms with Gasteiger partial charge in [-0.1, -0.05) is 103 Å². The zero-order chi connectivity index (χ0) is 31.6. The molecule has 0 bridgehead atoms. The van der Waals surface area contributed by atoms with Crippen molar-refractivity contribution in [1.29, 1.82) is 0 Å². The first kappa shape index (κ1) is 27.5. The van der Waals surface area contributed by atoms with Crippen molar-refractivity contribution < 1.29 is 0 Å². The van der Waals surface area contributed by atoms with Crippen molar-refractivity contribution in [2.75, 3.05) is 0 Å². The average molecular weight is 603 g/mol. The maximum absolute atomic E-state index is 2.43. The summed E-state index contributed by atoms with van der Waals surface area (Å²) in [5.41, 5.74) is 14.9. The van der Waals surface area contributed by atoms with Crippen LogP contribution < -0.4 is 0 Å². The molecule has 0 amide bonds. The van der Waals surface area contributed by atoms with E-state index < -0.39 is 0 Å². The van der Waals surface area contributed by atoms with Crippen LogP contribution in [0.25, 0.3) is 77.1 Å². The second-order valence-electron chi connectivity index (χ2n) is 12.8. The molecule has 0 spiro atoms. The van der Waals surface area contributed by atoms with Gasteiger partial charge in [0.25, 0.3) is 0 Å². The quantitative estimate of drug-likeness (QED) is 0.190. The van der Waals surface area contributed by atoms with Crippen molar-refractivity contribution in [3.05, 3.63) is 168 Å². The van der Waals surface area contributed by atoms with E-state index in [2.05, 4.69) is 182 Å². The summed E-state index contributed by atoms with van der Waals surface area (Å²) >= 11 is 0. The minimum atomic E-state index is 1.17. The maximum Gasteiger partial charge on any atom is 0.0541 e. The number of hydrogen-bond donors (Lipinski definition) is 0. The van der Waals surface area contributed by atoms with E-state index in [0.29, 0.717) is 0 Å². The Balaban J connectivity index is 1.24. The van der Waals surface area contributed by atoms with E-state index >= 15 is 0 Å². The van der Waals surface area contributed by atoms with Crippen LogP contribution in [0, 0.1) is 20.8 Å². The zero-order valence-corrected chi connectivity index (χ0v) is 26.8. The molecule has 2 heteroatoms. The van der Waals surface area contributed by atoms with Gasteiger partial charge in [-0.25, -0.2) is 0 Å². The number of hydrogen-bond acceptors (Lipinski definition) is 0. The Labute approximate surface area is 274 Å². The molecule has 0 atom stereocenters. The molecule has 0 N–H and O–H groups in total. The second kappa shape index (κ2) is 10.6. The highest BCUT2D eigenvalue weighted by molar-refractivity contribution is 6.12. The molecule has 2 aromatic heterocycles. The van der Waals surface area contributed by atoms with Crippen LogP contribution in [0.15, 0.2) is 152 Å². The molecule has 0 saturated heterocycles. The number of aromatic nitrogens is 2. The Morgan fingerprint density at radius 3 is 1.60 bits per heavy atom. The lowest BCUT2D eigenvalue weighted by Gasteiger charge is -2.12. The topological polar surface area (TPSA) is 9.86 Å². The molecule has 0 saturated carbocycles. The fourth-order valence-electron chi connectivity index (χ4n) is 7.45. The third-order valence-corrected chi connectivity index (χ3v) is 10.0. The van der Waals surface area contributed by atoms with Gasteiger partial charge in [-0.05, 0) is 109 Å². The average Bonchev–Trinajstić information content (AvgIpc) is 3.58. The van der Waals surface area contributed by atoms with E-state index in [9.17, 15) is 0 Å². The molecule has 0 unspecified atom stereocenters. The summed E-state index contributed by atoms with van der Waals surface area (Å²) in [6, 6.07) is 55.7. The van der Waals surface area contributed by atoms with Crippen LogP contribution in [0.5, 0.6) is 0 Å². The third-order valence-electron chi connectivity index (χ3n) is 10.0. The molecule has 0 aliphatic rings. The lowest BCUT2D eigenvalue weighted by Crippen LogP contribution is -1.97. The summed E-state index contributed by atoms with van der Waals surface area (Å²) in [7, 11) is 0. The summed E-state index contributed by atoms with van der Waals surface area (Å²) in [5, 5.41) is 6.34. The van der Waals surface area contributed by atoms with E-state index in [-0.39, 0.29) is 0 Å². The molecule has 9 aromatic rings. The molecule has 47 heavy (non-hydrogen) atoms. The second-order valence-corrected chi connectivity index (χ2v) is 12.8. The van der Waals surface area contributed by atoms with Crippen molar-refractivity contribution in [1.82, 2.24) is 9.13 Å². The number of fused-ring (bicyclic) bond motifs is 5. The maximum atomic E-state index is 2.43. The van der Waals surface area contributed by atoms with Gasteiger partial charge in [0, 0.05) is 32.9 Å². The Hall–Kier alpha value is -5.86. The molecule has 224 valence electrons. The van der Waals surface area contributed by atoms with Crippen molar-refractivity contribution in [2.24, 2.45) is 0 Å². The van der Waals surface area contributed by atoms with Crippen molar-refractivity contribution in [3.63, 3.8) is 0 Å². The number of benzene rings is 7. The Bertz CT molecular complexity index is 2630. The normalized spacial score (nSPS) is 11.7. The van der Waals surface area contributed by atoms with Crippen molar-refractivity contribution in [3.8, 4) is 33.6 Å². The summed E-state index contributed by atoms with van der Waals surface area (Å²) in [6.45, 7) is 6.64. The Kier molecular flexibility index (Phi) is 6.20. The van der Waals surface area contributed by atoms with Gasteiger partial charge in [0.2, 0.25) is 0 Å². The molecule has 0 fully saturated rings. The molecule has 2 heterocycles. The number of nitrogens with zero attached hydrogens (tertiary/aromatic N) is 2. The first-order valence-corrected chi connectivity index (χ1v) is 16.4. The molecular formula is C45H34N2. The fraction of sp³-hybridized carbons (Fsp3) is 0.0667. The summed E-state index contributed by atoms with van der Waals surface area (Å²) in [5.74, 6) is 0. The monoisotopic (exact) mass is 602 g/mol. The highest BCUT2D eigenvalue weighted by Gasteiger charge is 2.17. The number of para-hydroxylation sites is 1. The lowest BCUT2D eigenvalue weighted by atomic mass is 9.99. The molecule has 0 aliphatic heterocycles. The first-order chi connectivity index (χ1) is 23.0. The van der Waals surface area contributed by atoms with Crippen molar-refractivity contribution in [2.45, 2.75) is 20.8 Å². The number of rotatable bonds is 4. The van der Waals surface area contributed by atoms with Gasteiger partial charge >= 0.3 is 0 Å². The highest BCUT2D eigenvalue weighted by Crippen LogP contribution is 2.39. The molecular weight excluding hydrogens is 569 g/mol. The van der Waals surface area contributed by atoms with Gasteiger partial charge in [0.1, 0.15) is 0 Å². The highest BCUT2D eigenvalue weighted by atomic mass is 15.0. The van der Waals surface area contributed by atoms with E-state index in [4.69, 9.17) is 0 Å². The Morgan fingerprint density at radius 1 is 0.383 bits per heavy atom. The van der Waals surface area contributed by atoms with Crippen LogP contribution in [0.2, 0.25) is 0 Å². The van der Waals surface area contributed by atoms with Crippen LogP contribution >= 0.6 is 0 Å². The van der Waals surface area contributed by atoms with Gasteiger partial charge in [-0.3, -0.25) is 0 Å². The van der Waals surface area contributed by atoms with Gasteiger partial charge in [-0.2, -0.15) is 0 Å². The van der Waals surface area contributed by atoms with Crippen LogP contribution in [0.3, 0.4) is 0 Å². The Morgan fingerprint density at radius 2 is 0.915 bits per heavy atom. The molecule has 0 radical (unpaired) electrons. The minimum Gasteiger partial charge on any atom is -0.313 e. The van der Waals surface area contributed by atoms with Gasteiger partial charge in [0.15, 0.2) is 0 Å². The zero-order valence-electron chi connectivity index (χ0n) is 26.8.